The quantitative estimate of drug-likeness (QED) is 0.910. The molecule has 110 valence electrons. The molecule has 1 aliphatic rings. The molecule has 1 aliphatic heterocycles. The smallest absolute Gasteiger partial charge is 0.241 e. The van der Waals surface area contributed by atoms with Crippen molar-refractivity contribution in [2.45, 2.75) is 32.9 Å². The Labute approximate surface area is 121 Å². The summed E-state index contributed by atoms with van der Waals surface area (Å²) in [5, 5.41) is 0. The zero-order chi connectivity index (χ0) is 14.7. The van der Waals surface area contributed by atoms with Gasteiger partial charge in [0.05, 0.1) is 6.54 Å². The van der Waals surface area contributed by atoms with E-state index in [4.69, 9.17) is 5.73 Å². The zero-order valence-electron chi connectivity index (χ0n) is 12.6. The van der Waals surface area contributed by atoms with Crippen molar-refractivity contribution >= 4 is 11.6 Å². The summed E-state index contributed by atoms with van der Waals surface area (Å²) in [4.78, 5) is 16.6. The lowest BCUT2D eigenvalue weighted by atomic mass is 10.1. The summed E-state index contributed by atoms with van der Waals surface area (Å²) in [5.41, 5.74) is 6.99. The Morgan fingerprint density at radius 2 is 2.00 bits per heavy atom. The van der Waals surface area contributed by atoms with E-state index >= 15 is 0 Å². The Balaban J connectivity index is 2.05. The van der Waals surface area contributed by atoms with Gasteiger partial charge in [-0.15, -0.1) is 0 Å². The van der Waals surface area contributed by atoms with Crippen LogP contribution in [0.15, 0.2) is 30.3 Å². The van der Waals surface area contributed by atoms with E-state index in [9.17, 15) is 4.79 Å². The van der Waals surface area contributed by atoms with E-state index in [-0.39, 0.29) is 18.0 Å². The molecule has 2 N–H and O–H groups in total. The first kappa shape index (κ1) is 15.0. The number of rotatable bonds is 4. The van der Waals surface area contributed by atoms with Gasteiger partial charge in [-0.05, 0) is 31.9 Å². The lowest BCUT2D eigenvalue weighted by Crippen LogP contribution is -2.43. The van der Waals surface area contributed by atoms with E-state index in [2.05, 4.69) is 11.8 Å². The van der Waals surface area contributed by atoms with Crippen molar-refractivity contribution < 1.29 is 4.79 Å². The monoisotopic (exact) mass is 275 g/mol. The van der Waals surface area contributed by atoms with Crippen molar-refractivity contribution in [1.29, 1.82) is 0 Å². The Bertz CT molecular complexity index is 436. The van der Waals surface area contributed by atoms with Crippen LogP contribution in [0.2, 0.25) is 0 Å². The minimum atomic E-state index is 0.146. The van der Waals surface area contributed by atoms with Crippen LogP contribution >= 0.6 is 0 Å². The van der Waals surface area contributed by atoms with Gasteiger partial charge < -0.3 is 10.6 Å². The van der Waals surface area contributed by atoms with Gasteiger partial charge in [-0.25, -0.2) is 0 Å². The maximum Gasteiger partial charge on any atom is 0.241 e. The molecule has 1 saturated heterocycles. The predicted molar refractivity (Wildman–Crippen MR) is 82.6 cm³/mol. The lowest BCUT2D eigenvalue weighted by Gasteiger charge is -2.29. The largest absolute Gasteiger partial charge is 0.326 e. The van der Waals surface area contributed by atoms with Gasteiger partial charge in [0, 0.05) is 30.9 Å². The fourth-order valence-electron chi connectivity index (χ4n) is 2.81. The minimum absolute atomic E-state index is 0.146. The lowest BCUT2D eigenvalue weighted by molar-refractivity contribution is -0.119. The molecule has 2 unspecified atom stereocenters. The minimum Gasteiger partial charge on any atom is -0.326 e. The molecule has 1 heterocycles. The van der Waals surface area contributed by atoms with E-state index in [0.717, 1.165) is 18.8 Å². The molecular formula is C16H25N3O. The highest BCUT2D eigenvalue weighted by Gasteiger charge is 2.29. The van der Waals surface area contributed by atoms with E-state index < -0.39 is 0 Å². The van der Waals surface area contributed by atoms with Crippen LogP contribution in [0.3, 0.4) is 0 Å². The van der Waals surface area contributed by atoms with Gasteiger partial charge in [-0.1, -0.05) is 25.1 Å². The van der Waals surface area contributed by atoms with Crippen LogP contribution in [0.5, 0.6) is 0 Å². The fraction of sp³-hybridized carbons (Fsp3) is 0.562. The molecule has 0 spiro atoms. The fourth-order valence-corrected chi connectivity index (χ4v) is 2.81. The number of nitrogens with two attached hydrogens (primary N) is 1. The van der Waals surface area contributed by atoms with E-state index in [0.29, 0.717) is 12.5 Å². The topological polar surface area (TPSA) is 49.6 Å². The van der Waals surface area contributed by atoms with Crippen LogP contribution < -0.4 is 10.6 Å². The number of amides is 1. The van der Waals surface area contributed by atoms with Gasteiger partial charge in [0.2, 0.25) is 5.91 Å². The Morgan fingerprint density at radius 3 is 2.50 bits per heavy atom. The number of carbonyl (C=O) groups is 1. The van der Waals surface area contributed by atoms with Crippen LogP contribution in [0, 0.1) is 5.92 Å². The summed E-state index contributed by atoms with van der Waals surface area (Å²) in [5.74, 6) is 0.611. The highest BCUT2D eigenvalue weighted by atomic mass is 16.2. The standard InChI is InChI=1S/C16H25N3O/c1-12(2)19(14-7-5-4-6-8-14)16(20)11-18-9-13(3)15(17)10-18/h4-8,12-13,15H,9-11,17H2,1-3H3. The first-order chi connectivity index (χ1) is 9.49. The second-order valence-corrected chi connectivity index (χ2v) is 6.03. The average molecular weight is 275 g/mol. The number of anilines is 1. The highest BCUT2D eigenvalue weighted by molar-refractivity contribution is 5.95. The summed E-state index contributed by atoms with van der Waals surface area (Å²) in [6, 6.07) is 10.2. The maximum absolute atomic E-state index is 12.6. The second-order valence-electron chi connectivity index (χ2n) is 6.03. The molecule has 4 nitrogen and oxygen atoms in total. The Morgan fingerprint density at radius 1 is 1.35 bits per heavy atom. The molecule has 1 amide bonds. The van der Waals surface area contributed by atoms with Crippen molar-refractivity contribution in [1.82, 2.24) is 4.90 Å². The van der Waals surface area contributed by atoms with Gasteiger partial charge in [0.1, 0.15) is 0 Å². The third kappa shape index (κ3) is 3.38. The number of carbonyl (C=O) groups excluding carboxylic acids is 1. The molecule has 1 aromatic carbocycles. The molecule has 0 aromatic heterocycles. The molecule has 1 fully saturated rings. The second kappa shape index (κ2) is 6.37. The number of nitrogens with zero attached hydrogens (tertiary/aromatic N) is 2. The zero-order valence-corrected chi connectivity index (χ0v) is 12.6. The van der Waals surface area contributed by atoms with Crippen LogP contribution in [0.1, 0.15) is 20.8 Å². The molecular weight excluding hydrogens is 250 g/mol. The van der Waals surface area contributed by atoms with Gasteiger partial charge in [0.15, 0.2) is 0 Å². The number of para-hydroxylation sites is 1. The van der Waals surface area contributed by atoms with E-state index in [1.807, 2.05) is 49.1 Å². The van der Waals surface area contributed by atoms with Crippen molar-refractivity contribution in [2.75, 3.05) is 24.5 Å². The molecule has 1 aromatic rings. The third-order valence-corrected chi connectivity index (χ3v) is 3.92. The number of benzene rings is 1. The van der Waals surface area contributed by atoms with Crippen molar-refractivity contribution in [3.8, 4) is 0 Å². The van der Waals surface area contributed by atoms with Crippen molar-refractivity contribution in [3.05, 3.63) is 30.3 Å². The summed E-state index contributed by atoms with van der Waals surface area (Å²) in [6.45, 7) is 8.41. The van der Waals surface area contributed by atoms with Gasteiger partial charge in [-0.3, -0.25) is 9.69 Å². The SMILES string of the molecule is CC1CN(CC(=O)N(c2ccccc2)C(C)C)CC1N. The van der Waals surface area contributed by atoms with E-state index in [1.54, 1.807) is 0 Å². The van der Waals surface area contributed by atoms with Crippen LogP contribution in [0.4, 0.5) is 5.69 Å². The number of hydrogen-bond donors (Lipinski definition) is 1. The summed E-state index contributed by atoms with van der Waals surface area (Å²) in [6.07, 6.45) is 0. The molecule has 2 atom stereocenters. The first-order valence-corrected chi connectivity index (χ1v) is 7.34. The van der Waals surface area contributed by atoms with E-state index in [1.165, 1.54) is 0 Å². The molecule has 0 bridgehead atoms. The average Bonchev–Trinajstić information content (AvgIpc) is 2.69. The first-order valence-electron chi connectivity index (χ1n) is 7.34. The summed E-state index contributed by atoms with van der Waals surface area (Å²) in [7, 11) is 0. The van der Waals surface area contributed by atoms with Crippen LogP contribution in [0.25, 0.3) is 0 Å². The molecule has 0 aliphatic carbocycles. The molecule has 0 saturated carbocycles. The molecule has 0 radical (unpaired) electrons. The summed E-state index contributed by atoms with van der Waals surface area (Å²) >= 11 is 0. The highest BCUT2D eigenvalue weighted by Crippen LogP contribution is 2.19. The Kier molecular flexibility index (Phi) is 4.78. The normalized spacial score (nSPS) is 23.2. The molecule has 20 heavy (non-hydrogen) atoms. The number of likely N-dealkylation sites (tertiary alicyclic amines) is 1. The maximum atomic E-state index is 12.6. The van der Waals surface area contributed by atoms with Crippen molar-refractivity contribution in [2.24, 2.45) is 11.7 Å². The van der Waals surface area contributed by atoms with Gasteiger partial charge in [0.25, 0.3) is 0 Å². The van der Waals surface area contributed by atoms with Crippen LogP contribution in [-0.4, -0.2) is 42.5 Å². The van der Waals surface area contributed by atoms with Crippen LogP contribution in [-0.2, 0) is 4.79 Å². The van der Waals surface area contributed by atoms with Crippen molar-refractivity contribution in [3.63, 3.8) is 0 Å². The molecule has 2 rings (SSSR count). The van der Waals surface area contributed by atoms with Gasteiger partial charge >= 0.3 is 0 Å². The predicted octanol–water partition coefficient (Wildman–Crippen LogP) is 1.71. The third-order valence-electron chi connectivity index (χ3n) is 3.92. The Hall–Kier alpha value is -1.39. The molecule has 4 heteroatoms. The van der Waals surface area contributed by atoms with Gasteiger partial charge in [-0.2, -0.15) is 0 Å². The number of hydrogen-bond acceptors (Lipinski definition) is 3. The summed E-state index contributed by atoms with van der Waals surface area (Å²) < 4.78 is 0.